The zero-order chi connectivity index (χ0) is 15.1. The van der Waals surface area contributed by atoms with Crippen LogP contribution in [0.4, 0.5) is 0 Å². The van der Waals surface area contributed by atoms with Crippen LogP contribution in [0.25, 0.3) is 0 Å². The van der Waals surface area contributed by atoms with Crippen LogP contribution in [-0.4, -0.2) is 11.7 Å². The van der Waals surface area contributed by atoms with Gasteiger partial charge in [-0.2, -0.15) is 0 Å². The lowest BCUT2D eigenvalue weighted by Gasteiger charge is -2.36. The molecule has 1 aliphatic rings. The summed E-state index contributed by atoms with van der Waals surface area (Å²) in [6, 6.07) is 0. The lowest BCUT2D eigenvalue weighted by molar-refractivity contribution is -0.0200. The Morgan fingerprint density at radius 3 is 1.42 bits per heavy atom. The van der Waals surface area contributed by atoms with Crippen molar-refractivity contribution in [2.75, 3.05) is 0 Å². The third-order valence-electron chi connectivity index (χ3n) is 3.53. The largest absolute Gasteiger partial charge is 0.364 e. The van der Waals surface area contributed by atoms with E-state index in [-0.39, 0.29) is 22.5 Å². The van der Waals surface area contributed by atoms with Gasteiger partial charge in [0.15, 0.2) is 0 Å². The molecule has 0 N–H and O–H groups in total. The van der Waals surface area contributed by atoms with Crippen LogP contribution in [0.2, 0.25) is 0 Å². The minimum absolute atomic E-state index is 0.109. The Balaban J connectivity index is 3.07. The van der Waals surface area contributed by atoms with Gasteiger partial charge in [-0.05, 0) is 38.0 Å². The zero-order valence-corrected chi connectivity index (χ0v) is 14.3. The molecular weight excluding hydrogens is 232 g/mol. The third kappa shape index (κ3) is 5.14. The molecule has 0 spiro atoms. The van der Waals surface area contributed by atoms with Gasteiger partial charge < -0.3 is 4.74 Å². The summed E-state index contributed by atoms with van der Waals surface area (Å²) in [6.45, 7) is 20.1. The van der Waals surface area contributed by atoms with Crippen molar-refractivity contribution in [2.24, 2.45) is 10.8 Å². The van der Waals surface area contributed by atoms with Crippen LogP contribution in [0.1, 0.15) is 68.7 Å². The molecule has 0 saturated heterocycles. The normalized spacial score (nSPS) is 19.2. The number of hydrogen-bond donors (Lipinski definition) is 0. The topological polar surface area (TPSA) is 9.23 Å². The average molecular weight is 264 g/mol. The van der Waals surface area contributed by atoms with E-state index in [1.807, 2.05) is 0 Å². The lowest BCUT2D eigenvalue weighted by atomic mass is 9.73. The lowest BCUT2D eigenvalue weighted by Crippen LogP contribution is -2.30. The Hall–Kier alpha value is -0.560. The van der Waals surface area contributed by atoms with Crippen molar-refractivity contribution in [3.8, 4) is 0 Å². The van der Waals surface area contributed by atoms with Crippen molar-refractivity contribution in [3.05, 3.63) is 23.3 Å². The highest BCUT2D eigenvalue weighted by atomic mass is 16.5. The van der Waals surface area contributed by atoms with Crippen LogP contribution in [0.5, 0.6) is 0 Å². The van der Waals surface area contributed by atoms with Crippen molar-refractivity contribution < 1.29 is 4.74 Å². The summed E-state index contributed by atoms with van der Waals surface area (Å²) in [5.74, 6) is 0. The molecule has 0 aromatic carbocycles. The molecule has 0 fully saturated rings. The number of hydrogen-bond acceptors (Lipinski definition) is 1. The summed E-state index contributed by atoms with van der Waals surface area (Å²) in [6.07, 6.45) is 5.83. The molecular formula is C18H32O. The molecule has 1 aliphatic carbocycles. The molecule has 0 aromatic heterocycles. The van der Waals surface area contributed by atoms with Crippen molar-refractivity contribution in [1.82, 2.24) is 0 Å². The molecule has 0 bridgehead atoms. The van der Waals surface area contributed by atoms with Crippen LogP contribution >= 0.6 is 0 Å². The Morgan fingerprint density at radius 2 is 1.16 bits per heavy atom. The highest BCUT2D eigenvalue weighted by Gasteiger charge is 2.29. The van der Waals surface area contributed by atoms with Gasteiger partial charge >= 0.3 is 0 Å². The van der Waals surface area contributed by atoms with Crippen LogP contribution in [0, 0.1) is 10.8 Å². The third-order valence-corrected chi connectivity index (χ3v) is 3.53. The summed E-state index contributed by atoms with van der Waals surface area (Å²) in [7, 11) is 0. The van der Waals surface area contributed by atoms with Gasteiger partial charge in [0, 0.05) is 0 Å². The van der Waals surface area contributed by atoms with Gasteiger partial charge in [-0.1, -0.05) is 64.8 Å². The first-order valence-corrected chi connectivity index (χ1v) is 7.39. The Labute approximate surface area is 120 Å². The second kappa shape index (κ2) is 5.09. The standard InChI is InChI=1S/C18H32O/c1-16(2,3)13-10-14(17(4,5)6)12-15(11-13)19-18(7,8)9/h11-12,15H,10H2,1-9H3. The van der Waals surface area contributed by atoms with Crippen LogP contribution in [-0.2, 0) is 4.74 Å². The highest BCUT2D eigenvalue weighted by Crippen LogP contribution is 2.40. The molecule has 110 valence electrons. The van der Waals surface area contributed by atoms with E-state index in [1.165, 1.54) is 11.1 Å². The molecule has 0 saturated carbocycles. The predicted molar refractivity (Wildman–Crippen MR) is 84.3 cm³/mol. The molecule has 0 radical (unpaired) electrons. The molecule has 1 nitrogen and oxygen atoms in total. The number of allylic oxidation sites excluding steroid dienone is 2. The fourth-order valence-electron chi connectivity index (χ4n) is 2.27. The van der Waals surface area contributed by atoms with Gasteiger partial charge in [0.1, 0.15) is 0 Å². The van der Waals surface area contributed by atoms with Gasteiger partial charge in [0.05, 0.1) is 11.7 Å². The summed E-state index contributed by atoms with van der Waals surface area (Å²) in [4.78, 5) is 0. The van der Waals surface area contributed by atoms with Crippen LogP contribution < -0.4 is 0 Å². The molecule has 0 unspecified atom stereocenters. The van der Waals surface area contributed by atoms with Crippen molar-refractivity contribution in [1.29, 1.82) is 0 Å². The Morgan fingerprint density at radius 1 is 0.789 bits per heavy atom. The quantitative estimate of drug-likeness (QED) is 0.567. The van der Waals surface area contributed by atoms with E-state index < -0.39 is 0 Å². The minimum atomic E-state index is -0.110. The number of rotatable bonds is 1. The van der Waals surface area contributed by atoms with Gasteiger partial charge in [0.25, 0.3) is 0 Å². The average Bonchev–Trinajstić information content (AvgIpc) is 2.11. The molecule has 0 aliphatic heterocycles. The molecule has 19 heavy (non-hydrogen) atoms. The second-order valence-corrected chi connectivity index (χ2v) is 8.76. The van der Waals surface area contributed by atoms with E-state index in [4.69, 9.17) is 4.74 Å². The molecule has 0 heterocycles. The first-order valence-electron chi connectivity index (χ1n) is 7.39. The zero-order valence-electron chi connectivity index (χ0n) is 14.3. The SMILES string of the molecule is CC(C)(C)OC1C=C(C(C)(C)C)CC(C(C)(C)C)=C1. The first kappa shape index (κ1) is 16.5. The van der Waals surface area contributed by atoms with Crippen molar-refractivity contribution in [3.63, 3.8) is 0 Å². The number of ether oxygens (including phenoxy) is 1. The Bertz CT molecular complexity index is 347. The molecule has 1 heteroatoms. The summed E-state index contributed by atoms with van der Waals surface area (Å²) in [5, 5.41) is 0. The summed E-state index contributed by atoms with van der Waals surface area (Å²) in [5.41, 5.74) is 3.30. The maximum Gasteiger partial charge on any atom is 0.0950 e. The first-order chi connectivity index (χ1) is 8.29. The van der Waals surface area contributed by atoms with Crippen molar-refractivity contribution >= 4 is 0 Å². The van der Waals surface area contributed by atoms with Crippen LogP contribution in [0.3, 0.4) is 0 Å². The van der Waals surface area contributed by atoms with E-state index in [0.717, 1.165) is 6.42 Å². The van der Waals surface area contributed by atoms with E-state index in [0.29, 0.717) is 0 Å². The van der Waals surface area contributed by atoms with Crippen LogP contribution in [0.15, 0.2) is 23.3 Å². The Kier molecular flexibility index (Phi) is 4.42. The second-order valence-electron chi connectivity index (χ2n) is 8.76. The smallest absolute Gasteiger partial charge is 0.0950 e. The molecule has 0 amide bonds. The monoisotopic (exact) mass is 264 g/mol. The molecule has 1 rings (SSSR count). The van der Waals surface area contributed by atoms with Gasteiger partial charge in [0.2, 0.25) is 0 Å². The molecule has 0 aromatic rings. The van der Waals surface area contributed by atoms with Gasteiger partial charge in [-0.15, -0.1) is 0 Å². The van der Waals surface area contributed by atoms with E-state index in [1.54, 1.807) is 0 Å². The predicted octanol–water partition coefficient (Wildman–Crippen LogP) is 5.52. The van der Waals surface area contributed by atoms with E-state index in [2.05, 4.69) is 74.5 Å². The fourth-order valence-corrected chi connectivity index (χ4v) is 2.27. The van der Waals surface area contributed by atoms with Gasteiger partial charge in [-0.25, -0.2) is 0 Å². The van der Waals surface area contributed by atoms with Crippen molar-refractivity contribution in [2.45, 2.75) is 80.4 Å². The maximum absolute atomic E-state index is 6.18. The minimum Gasteiger partial charge on any atom is -0.364 e. The van der Waals surface area contributed by atoms with E-state index in [9.17, 15) is 0 Å². The fraction of sp³-hybridized carbons (Fsp3) is 0.778. The maximum atomic E-state index is 6.18. The highest BCUT2D eigenvalue weighted by molar-refractivity contribution is 5.32. The van der Waals surface area contributed by atoms with E-state index >= 15 is 0 Å². The molecule has 0 atom stereocenters. The summed E-state index contributed by atoms with van der Waals surface area (Å²) < 4.78 is 6.18. The van der Waals surface area contributed by atoms with Gasteiger partial charge in [-0.3, -0.25) is 0 Å². The summed E-state index contributed by atoms with van der Waals surface area (Å²) >= 11 is 0.